The predicted molar refractivity (Wildman–Crippen MR) is 89.1 cm³/mol. The SMILES string of the molecule is Cc1ccc(-c2ccncc2)cc1N1C(=O)NC(C(C)C)C1=O. The Labute approximate surface area is 135 Å². The minimum Gasteiger partial charge on any atom is -0.325 e. The lowest BCUT2D eigenvalue weighted by Crippen LogP contribution is -2.34. The molecule has 0 saturated carbocycles. The van der Waals surface area contributed by atoms with Gasteiger partial charge in [0.05, 0.1) is 5.69 Å². The molecule has 0 spiro atoms. The van der Waals surface area contributed by atoms with E-state index in [-0.39, 0.29) is 17.9 Å². The van der Waals surface area contributed by atoms with Crippen LogP contribution in [0, 0.1) is 12.8 Å². The molecule has 5 nitrogen and oxygen atoms in total. The van der Waals surface area contributed by atoms with Gasteiger partial charge in [-0.05, 0) is 47.7 Å². The lowest BCUT2D eigenvalue weighted by molar-refractivity contribution is -0.119. The topological polar surface area (TPSA) is 62.3 Å². The number of hydrogen-bond donors (Lipinski definition) is 1. The van der Waals surface area contributed by atoms with Crippen LogP contribution in [-0.4, -0.2) is 23.0 Å². The number of aromatic nitrogens is 1. The molecule has 5 heteroatoms. The molecular weight excluding hydrogens is 290 g/mol. The van der Waals surface area contributed by atoms with Gasteiger partial charge in [0.2, 0.25) is 0 Å². The Morgan fingerprint density at radius 1 is 1.09 bits per heavy atom. The van der Waals surface area contributed by atoms with Crippen molar-refractivity contribution >= 4 is 17.6 Å². The second-order valence-electron chi connectivity index (χ2n) is 6.08. The number of carbonyl (C=O) groups excluding carboxylic acids is 2. The van der Waals surface area contributed by atoms with Crippen molar-refractivity contribution < 1.29 is 9.59 Å². The quantitative estimate of drug-likeness (QED) is 0.886. The Morgan fingerprint density at radius 3 is 2.39 bits per heavy atom. The Bertz CT molecular complexity index is 756. The maximum Gasteiger partial charge on any atom is 0.329 e. The maximum atomic E-state index is 12.6. The monoisotopic (exact) mass is 309 g/mol. The van der Waals surface area contributed by atoms with Crippen LogP contribution in [0.2, 0.25) is 0 Å². The van der Waals surface area contributed by atoms with Crippen LogP contribution in [0.3, 0.4) is 0 Å². The zero-order chi connectivity index (χ0) is 16.6. The molecule has 3 rings (SSSR count). The van der Waals surface area contributed by atoms with Crippen LogP contribution in [0.1, 0.15) is 19.4 Å². The van der Waals surface area contributed by atoms with Gasteiger partial charge < -0.3 is 5.32 Å². The fourth-order valence-electron chi connectivity index (χ4n) is 2.75. The van der Waals surface area contributed by atoms with Gasteiger partial charge >= 0.3 is 6.03 Å². The number of amides is 3. The zero-order valence-corrected chi connectivity index (χ0v) is 13.4. The summed E-state index contributed by atoms with van der Waals surface area (Å²) in [5.74, 6) is -0.139. The number of nitrogens with one attached hydrogen (secondary N) is 1. The largest absolute Gasteiger partial charge is 0.329 e. The fraction of sp³-hybridized carbons (Fsp3) is 0.278. The summed E-state index contributed by atoms with van der Waals surface area (Å²) in [5, 5.41) is 2.77. The van der Waals surface area contributed by atoms with Crippen LogP contribution >= 0.6 is 0 Å². The minimum atomic E-state index is -0.466. The molecule has 1 aromatic heterocycles. The van der Waals surface area contributed by atoms with Gasteiger partial charge in [0.1, 0.15) is 6.04 Å². The Hall–Kier alpha value is -2.69. The van der Waals surface area contributed by atoms with Crippen molar-refractivity contribution in [2.45, 2.75) is 26.8 Å². The number of anilines is 1. The van der Waals surface area contributed by atoms with Crippen molar-refractivity contribution in [3.05, 3.63) is 48.3 Å². The number of pyridine rings is 1. The van der Waals surface area contributed by atoms with Gasteiger partial charge in [-0.2, -0.15) is 0 Å². The first-order valence-electron chi connectivity index (χ1n) is 7.64. The highest BCUT2D eigenvalue weighted by molar-refractivity contribution is 6.22. The number of nitrogens with zero attached hydrogens (tertiary/aromatic N) is 2. The first-order valence-corrected chi connectivity index (χ1v) is 7.64. The molecule has 0 aliphatic carbocycles. The summed E-state index contributed by atoms with van der Waals surface area (Å²) in [6, 6.07) is 8.76. The van der Waals surface area contributed by atoms with Crippen LogP contribution in [0.5, 0.6) is 0 Å². The summed E-state index contributed by atoms with van der Waals surface area (Å²) in [6.45, 7) is 5.74. The molecule has 1 saturated heterocycles. The second kappa shape index (κ2) is 5.83. The molecule has 0 radical (unpaired) electrons. The number of hydrogen-bond acceptors (Lipinski definition) is 3. The Morgan fingerprint density at radius 2 is 1.78 bits per heavy atom. The van der Waals surface area contributed by atoms with Gasteiger partial charge in [0, 0.05) is 12.4 Å². The normalized spacial score (nSPS) is 17.7. The molecule has 3 amide bonds. The maximum absolute atomic E-state index is 12.6. The Kier molecular flexibility index (Phi) is 3.86. The molecule has 1 atom stereocenters. The van der Waals surface area contributed by atoms with Crippen LogP contribution < -0.4 is 10.2 Å². The second-order valence-corrected chi connectivity index (χ2v) is 6.08. The smallest absolute Gasteiger partial charge is 0.325 e. The van der Waals surface area contributed by atoms with Crippen molar-refractivity contribution in [3.63, 3.8) is 0 Å². The highest BCUT2D eigenvalue weighted by atomic mass is 16.2. The van der Waals surface area contributed by atoms with Crippen molar-refractivity contribution in [1.29, 1.82) is 0 Å². The van der Waals surface area contributed by atoms with E-state index in [0.717, 1.165) is 16.7 Å². The van der Waals surface area contributed by atoms with Crippen LogP contribution in [0.15, 0.2) is 42.7 Å². The van der Waals surface area contributed by atoms with Gasteiger partial charge in [0.15, 0.2) is 0 Å². The third-order valence-electron chi connectivity index (χ3n) is 4.10. The minimum absolute atomic E-state index is 0.0557. The number of rotatable bonds is 3. The molecule has 1 N–H and O–H groups in total. The van der Waals surface area contributed by atoms with Gasteiger partial charge in [-0.1, -0.05) is 26.0 Å². The summed E-state index contributed by atoms with van der Waals surface area (Å²) in [5.41, 5.74) is 3.45. The highest BCUT2D eigenvalue weighted by Crippen LogP contribution is 2.30. The number of benzene rings is 1. The molecule has 1 unspecified atom stereocenters. The Balaban J connectivity index is 2.03. The van der Waals surface area contributed by atoms with Crippen molar-refractivity contribution in [3.8, 4) is 11.1 Å². The first-order chi connectivity index (χ1) is 11.0. The van der Waals surface area contributed by atoms with E-state index in [1.807, 2.05) is 51.1 Å². The molecule has 1 fully saturated rings. The van der Waals surface area contributed by atoms with E-state index in [0.29, 0.717) is 5.69 Å². The van der Waals surface area contributed by atoms with E-state index < -0.39 is 6.04 Å². The van der Waals surface area contributed by atoms with Crippen molar-refractivity contribution in [2.24, 2.45) is 5.92 Å². The van der Waals surface area contributed by atoms with Crippen molar-refractivity contribution in [2.75, 3.05) is 4.90 Å². The lowest BCUT2D eigenvalue weighted by atomic mass is 10.0. The third kappa shape index (κ3) is 2.70. The first kappa shape index (κ1) is 15.2. The zero-order valence-electron chi connectivity index (χ0n) is 13.4. The lowest BCUT2D eigenvalue weighted by Gasteiger charge is -2.18. The molecule has 0 bridgehead atoms. The average Bonchev–Trinajstić information content (AvgIpc) is 2.84. The molecule has 2 aromatic rings. The van der Waals surface area contributed by atoms with E-state index >= 15 is 0 Å². The molecular formula is C18H19N3O2. The van der Waals surface area contributed by atoms with Crippen LogP contribution in [-0.2, 0) is 4.79 Å². The molecule has 1 aliphatic heterocycles. The summed E-state index contributed by atoms with van der Waals surface area (Å²) in [6.07, 6.45) is 3.44. The van der Waals surface area contributed by atoms with Crippen LogP contribution in [0.4, 0.5) is 10.5 Å². The summed E-state index contributed by atoms with van der Waals surface area (Å²) in [4.78, 5) is 30.1. The number of imide groups is 1. The number of aryl methyl sites for hydroxylation is 1. The van der Waals surface area contributed by atoms with Gasteiger partial charge in [-0.15, -0.1) is 0 Å². The van der Waals surface area contributed by atoms with Gasteiger partial charge in [-0.25, -0.2) is 9.69 Å². The van der Waals surface area contributed by atoms with E-state index in [4.69, 9.17) is 0 Å². The summed E-state index contributed by atoms with van der Waals surface area (Å²) in [7, 11) is 0. The van der Waals surface area contributed by atoms with E-state index in [9.17, 15) is 9.59 Å². The van der Waals surface area contributed by atoms with Crippen molar-refractivity contribution in [1.82, 2.24) is 10.3 Å². The highest BCUT2D eigenvalue weighted by Gasteiger charge is 2.41. The average molecular weight is 309 g/mol. The van der Waals surface area contributed by atoms with Gasteiger partial charge in [-0.3, -0.25) is 9.78 Å². The molecule has 118 valence electrons. The molecule has 1 aromatic carbocycles. The standard InChI is InChI=1S/C18H19N3O2/c1-11(2)16-17(22)21(18(23)20-16)15-10-14(5-4-12(15)3)13-6-8-19-9-7-13/h4-11,16H,1-3H3,(H,20,23). The fourth-order valence-corrected chi connectivity index (χ4v) is 2.75. The predicted octanol–water partition coefficient (Wildman–Crippen LogP) is 3.14. The molecule has 23 heavy (non-hydrogen) atoms. The van der Waals surface area contributed by atoms with E-state index in [1.165, 1.54) is 4.90 Å². The van der Waals surface area contributed by atoms with E-state index in [1.54, 1.807) is 12.4 Å². The summed E-state index contributed by atoms with van der Waals surface area (Å²) >= 11 is 0. The number of carbonyl (C=O) groups is 2. The van der Waals surface area contributed by atoms with Gasteiger partial charge in [0.25, 0.3) is 5.91 Å². The summed E-state index contributed by atoms with van der Waals surface area (Å²) < 4.78 is 0. The van der Waals surface area contributed by atoms with E-state index in [2.05, 4.69) is 10.3 Å². The third-order valence-corrected chi connectivity index (χ3v) is 4.10. The molecule has 1 aliphatic rings. The number of urea groups is 1. The molecule has 2 heterocycles. The van der Waals surface area contributed by atoms with Crippen LogP contribution in [0.25, 0.3) is 11.1 Å².